The van der Waals surface area contributed by atoms with Crippen molar-refractivity contribution in [2.24, 2.45) is 0 Å². The van der Waals surface area contributed by atoms with Crippen LogP contribution < -0.4 is 10.6 Å². The summed E-state index contributed by atoms with van der Waals surface area (Å²) in [4.78, 5) is 28.1. The fraction of sp³-hybridized carbons (Fsp3) is 0.400. The van der Waals surface area contributed by atoms with Crippen molar-refractivity contribution in [3.63, 3.8) is 0 Å². The average Bonchev–Trinajstić information content (AvgIpc) is 3.18. The predicted octanol–water partition coefficient (Wildman–Crippen LogP) is 3.43. The van der Waals surface area contributed by atoms with Crippen molar-refractivity contribution < 1.29 is 18.3 Å². The molecule has 0 saturated heterocycles. The molecule has 3 heterocycles. The SMILES string of the molecule is COCNc1ncnc2[nH]cc(C(=O)c3ccc(NC4CCC(F)CC4)nc3F)c12. The molecule has 0 amide bonds. The first kappa shape index (κ1) is 20.1. The maximum atomic E-state index is 14.7. The number of aromatic amines is 1. The highest BCUT2D eigenvalue weighted by Crippen LogP contribution is 2.27. The van der Waals surface area contributed by atoms with Gasteiger partial charge in [0.25, 0.3) is 0 Å². The summed E-state index contributed by atoms with van der Waals surface area (Å²) in [5.74, 6) is -0.676. The summed E-state index contributed by atoms with van der Waals surface area (Å²) in [6.07, 6.45) is 4.36. The number of nitrogens with zero attached hydrogens (tertiary/aromatic N) is 3. The minimum Gasteiger partial charge on any atom is -0.367 e. The summed E-state index contributed by atoms with van der Waals surface area (Å²) in [7, 11) is 1.52. The number of pyridine rings is 1. The lowest BCUT2D eigenvalue weighted by molar-refractivity contribution is 0.103. The van der Waals surface area contributed by atoms with Crippen LogP contribution in [0.25, 0.3) is 11.0 Å². The van der Waals surface area contributed by atoms with Crippen molar-refractivity contribution in [1.82, 2.24) is 19.9 Å². The Balaban J connectivity index is 1.58. The van der Waals surface area contributed by atoms with Gasteiger partial charge in [-0.25, -0.2) is 19.3 Å². The Morgan fingerprint density at radius 1 is 1.23 bits per heavy atom. The van der Waals surface area contributed by atoms with Crippen molar-refractivity contribution in [2.75, 3.05) is 24.5 Å². The molecule has 3 aromatic heterocycles. The van der Waals surface area contributed by atoms with Crippen LogP contribution in [0.4, 0.5) is 20.4 Å². The highest BCUT2D eigenvalue weighted by atomic mass is 19.1. The number of rotatable bonds is 7. The molecular formula is C20H22F2N6O2. The van der Waals surface area contributed by atoms with Gasteiger partial charge in [0.15, 0.2) is 5.78 Å². The van der Waals surface area contributed by atoms with Gasteiger partial charge in [-0.2, -0.15) is 4.39 Å². The van der Waals surface area contributed by atoms with E-state index in [9.17, 15) is 13.6 Å². The molecule has 1 fully saturated rings. The number of fused-ring (bicyclic) bond motifs is 1. The number of carbonyl (C=O) groups excluding carboxylic acids is 1. The van der Waals surface area contributed by atoms with Crippen LogP contribution in [0.3, 0.4) is 0 Å². The Kier molecular flexibility index (Phi) is 5.84. The number of carbonyl (C=O) groups is 1. The molecule has 0 unspecified atom stereocenters. The van der Waals surface area contributed by atoms with Crippen molar-refractivity contribution in [1.29, 1.82) is 0 Å². The van der Waals surface area contributed by atoms with E-state index in [1.165, 1.54) is 25.7 Å². The summed E-state index contributed by atoms with van der Waals surface area (Å²) >= 11 is 0. The van der Waals surface area contributed by atoms with Crippen LogP contribution in [0.5, 0.6) is 0 Å². The second kappa shape index (κ2) is 8.70. The molecule has 1 aliphatic rings. The molecule has 0 aromatic carbocycles. The average molecular weight is 416 g/mol. The molecule has 4 rings (SSSR count). The second-order valence-electron chi connectivity index (χ2n) is 7.22. The zero-order valence-corrected chi connectivity index (χ0v) is 16.4. The van der Waals surface area contributed by atoms with Gasteiger partial charge in [-0.05, 0) is 37.8 Å². The number of nitrogens with one attached hydrogen (secondary N) is 3. The smallest absolute Gasteiger partial charge is 0.226 e. The van der Waals surface area contributed by atoms with E-state index >= 15 is 0 Å². The maximum absolute atomic E-state index is 14.7. The predicted molar refractivity (Wildman–Crippen MR) is 108 cm³/mol. The van der Waals surface area contributed by atoms with Crippen molar-refractivity contribution in [3.05, 3.63) is 41.7 Å². The zero-order valence-electron chi connectivity index (χ0n) is 16.4. The van der Waals surface area contributed by atoms with E-state index in [4.69, 9.17) is 4.74 Å². The number of methoxy groups -OCH3 is 1. The minimum absolute atomic E-state index is 0.0469. The third kappa shape index (κ3) is 4.09. The van der Waals surface area contributed by atoms with Crippen LogP contribution >= 0.6 is 0 Å². The number of H-pyrrole nitrogens is 1. The molecule has 10 heteroatoms. The van der Waals surface area contributed by atoms with E-state index in [1.54, 1.807) is 6.07 Å². The Morgan fingerprint density at radius 3 is 2.77 bits per heavy atom. The Hall–Kier alpha value is -3.14. The van der Waals surface area contributed by atoms with Crippen LogP contribution in [0.15, 0.2) is 24.7 Å². The largest absolute Gasteiger partial charge is 0.367 e. The van der Waals surface area contributed by atoms with E-state index in [-0.39, 0.29) is 23.9 Å². The fourth-order valence-corrected chi connectivity index (χ4v) is 3.65. The van der Waals surface area contributed by atoms with Crippen LogP contribution in [-0.2, 0) is 4.74 Å². The normalized spacial score (nSPS) is 19.0. The first-order chi connectivity index (χ1) is 14.6. The van der Waals surface area contributed by atoms with Crippen molar-refractivity contribution >= 4 is 28.5 Å². The van der Waals surface area contributed by atoms with Gasteiger partial charge in [0.1, 0.15) is 36.5 Å². The fourth-order valence-electron chi connectivity index (χ4n) is 3.65. The molecule has 0 aliphatic heterocycles. The van der Waals surface area contributed by atoms with Crippen LogP contribution in [0.1, 0.15) is 41.6 Å². The number of halogens is 2. The van der Waals surface area contributed by atoms with Gasteiger partial charge >= 0.3 is 0 Å². The summed E-state index contributed by atoms with van der Waals surface area (Å²) in [6, 6.07) is 3.01. The molecular weight excluding hydrogens is 394 g/mol. The summed E-state index contributed by atoms with van der Waals surface area (Å²) in [5.41, 5.74) is 0.518. The van der Waals surface area contributed by atoms with E-state index in [2.05, 4.69) is 30.6 Å². The highest BCUT2D eigenvalue weighted by molar-refractivity contribution is 6.18. The number of hydrogen-bond donors (Lipinski definition) is 3. The molecule has 8 nitrogen and oxygen atoms in total. The molecule has 0 bridgehead atoms. The standard InChI is InChI=1S/C20H22F2N6O2/c1-30-10-26-20-16-14(8-23-19(16)24-9-25-20)17(29)13-6-7-15(28-18(13)22)27-12-4-2-11(21)3-5-12/h6-9,11-12H,2-5,10H2,1H3,(H,27,28)(H2,23,24,25,26). The number of anilines is 2. The summed E-state index contributed by atoms with van der Waals surface area (Å²) in [5, 5.41) is 6.53. The molecule has 1 saturated carbocycles. The lowest BCUT2D eigenvalue weighted by Crippen LogP contribution is -2.27. The number of ether oxygens (including phenoxy) is 1. The lowest BCUT2D eigenvalue weighted by Gasteiger charge is -2.25. The van der Waals surface area contributed by atoms with E-state index in [1.807, 2.05) is 0 Å². The Bertz CT molecular complexity index is 1050. The quantitative estimate of drug-likeness (QED) is 0.308. The third-order valence-electron chi connectivity index (χ3n) is 5.20. The van der Waals surface area contributed by atoms with E-state index < -0.39 is 17.9 Å². The maximum Gasteiger partial charge on any atom is 0.226 e. The van der Waals surface area contributed by atoms with Gasteiger partial charge in [-0.15, -0.1) is 0 Å². The molecule has 30 heavy (non-hydrogen) atoms. The number of alkyl halides is 1. The third-order valence-corrected chi connectivity index (χ3v) is 5.20. The van der Waals surface area contributed by atoms with Crippen LogP contribution in [0.2, 0.25) is 0 Å². The van der Waals surface area contributed by atoms with E-state index in [0.717, 1.165) is 0 Å². The monoisotopic (exact) mass is 416 g/mol. The van der Waals surface area contributed by atoms with Gasteiger partial charge in [-0.1, -0.05) is 0 Å². The van der Waals surface area contributed by atoms with Gasteiger partial charge < -0.3 is 20.4 Å². The molecule has 1 aliphatic carbocycles. The first-order valence-corrected chi connectivity index (χ1v) is 9.73. The van der Waals surface area contributed by atoms with Gasteiger partial charge in [0.2, 0.25) is 5.95 Å². The zero-order chi connectivity index (χ0) is 21.1. The van der Waals surface area contributed by atoms with Gasteiger partial charge in [0.05, 0.1) is 16.5 Å². The Labute approximate surface area is 171 Å². The molecule has 158 valence electrons. The van der Waals surface area contributed by atoms with Crippen molar-refractivity contribution in [2.45, 2.75) is 37.9 Å². The van der Waals surface area contributed by atoms with Gasteiger partial charge in [0, 0.05) is 19.3 Å². The molecule has 0 atom stereocenters. The minimum atomic E-state index is -0.873. The van der Waals surface area contributed by atoms with Gasteiger partial charge in [-0.3, -0.25) is 4.79 Å². The van der Waals surface area contributed by atoms with Crippen LogP contribution in [0, 0.1) is 5.95 Å². The second-order valence-corrected chi connectivity index (χ2v) is 7.22. The number of ketones is 1. The molecule has 0 spiro atoms. The summed E-state index contributed by atoms with van der Waals surface area (Å²) in [6.45, 7) is 0.186. The lowest BCUT2D eigenvalue weighted by atomic mass is 9.94. The Morgan fingerprint density at radius 2 is 2.03 bits per heavy atom. The number of hydrogen-bond acceptors (Lipinski definition) is 7. The molecule has 3 N–H and O–H groups in total. The molecule has 0 radical (unpaired) electrons. The van der Waals surface area contributed by atoms with E-state index in [0.29, 0.717) is 48.4 Å². The number of aromatic nitrogens is 4. The topological polar surface area (TPSA) is 105 Å². The first-order valence-electron chi connectivity index (χ1n) is 9.73. The molecule has 3 aromatic rings. The summed E-state index contributed by atoms with van der Waals surface area (Å²) < 4.78 is 33.0. The van der Waals surface area contributed by atoms with Crippen LogP contribution in [-0.4, -0.2) is 51.8 Å². The highest BCUT2D eigenvalue weighted by Gasteiger charge is 2.24. The van der Waals surface area contributed by atoms with Crippen molar-refractivity contribution in [3.8, 4) is 0 Å².